The van der Waals surface area contributed by atoms with Gasteiger partial charge >= 0.3 is 7.60 Å². The predicted octanol–water partition coefficient (Wildman–Crippen LogP) is 4.57. The molecule has 0 radical (unpaired) electrons. The van der Waals surface area contributed by atoms with Gasteiger partial charge in [0.2, 0.25) is 12.7 Å². The van der Waals surface area contributed by atoms with Crippen LogP contribution in [0.4, 0.5) is 0 Å². The molecule has 8 nitrogen and oxygen atoms in total. The molecule has 0 aromatic heterocycles. The van der Waals surface area contributed by atoms with Crippen molar-refractivity contribution in [1.29, 1.82) is 0 Å². The van der Waals surface area contributed by atoms with E-state index in [4.69, 9.17) is 18.5 Å². The first-order chi connectivity index (χ1) is 16.4. The third-order valence-electron chi connectivity index (χ3n) is 5.68. The van der Waals surface area contributed by atoms with Crippen LogP contribution in [0.3, 0.4) is 0 Å². The SMILES string of the molecule is CCOP(=O)(CNC(=O)C1SC(C)C(=O)c2cc3c(cc2C1c1ccccc1)OCO3)OCC. The summed E-state index contributed by atoms with van der Waals surface area (Å²) in [6.45, 7) is 5.71. The number of nitrogens with one attached hydrogen (secondary N) is 1. The number of ketones is 1. The maximum Gasteiger partial charge on any atom is 0.349 e. The molecule has 0 saturated carbocycles. The number of rotatable bonds is 8. The van der Waals surface area contributed by atoms with Crippen LogP contribution in [0.25, 0.3) is 0 Å². The Kier molecular flexibility index (Phi) is 7.67. The van der Waals surface area contributed by atoms with Gasteiger partial charge in [-0.2, -0.15) is 0 Å². The van der Waals surface area contributed by atoms with Crippen LogP contribution in [-0.4, -0.2) is 48.5 Å². The Hall–Kier alpha value is -2.32. The fourth-order valence-corrected chi connectivity index (χ4v) is 6.95. The molecule has 182 valence electrons. The lowest BCUT2D eigenvalue weighted by Gasteiger charge is -2.27. The quantitative estimate of drug-likeness (QED) is 0.521. The van der Waals surface area contributed by atoms with Crippen LogP contribution in [0.2, 0.25) is 0 Å². The lowest BCUT2D eigenvalue weighted by Crippen LogP contribution is -2.38. The monoisotopic (exact) mass is 505 g/mol. The largest absolute Gasteiger partial charge is 0.454 e. The molecule has 2 aromatic carbocycles. The summed E-state index contributed by atoms with van der Waals surface area (Å²) in [5.74, 6) is 0.201. The highest BCUT2D eigenvalue weighted by atomic mass is 32.2. The third-order valence-corrected chi connectivity index (χ3v) is 8.93. The van der Waals surface area contributed by atoms with E-state index >= 15 is 0 Å². The Morgan fingerprint density at radius 3 is 2.41 bits per heavy atom. The van der Waals surface area contributed by atoms with Gasteiger partial charge in [0.05, 0.1) is 23.7 Å². The van der Waals surface area contributed by atoms with Gasteiger partial charge in [-0.25, -0.2) is 0 Å². The molecule has 0 fully saturated rings. The summed E-state index contributed by atoms with van der Waals surface area (Å²) in [7, 11) is -3.48. The molecule has 0 saturated heterocycles. The molecule has 2 aliphatic heterocycles. The number of Topliss-reactive ketones (excluding diaryl/α,β-unsaturated/α-hetero) is 1. The zero-order valence-corrected chi connectivity index (χ0v) is 21.0. The first kappa shape index (κ1) is 24.8. The second-order valence-corrected chi connectivity index (χ2v) is 11.4. The van der Waals surface area contributed by atoms with Crippen LogP contribution >= 0.6 is 19.4 Å². The van der Waals surface area contributed by atoms with E-state index < -0.39 is 24.0 Å². The molecule has 0 aliphatic carbocycles. The highest BCUT2D eigenvalue weighted by Crippen LogP contribution is 2.49. The highest BCUT2D eigenvalue weighted by molar-refractivity contribution is 8.02. The van der Waals surface area contributed by atoms with Crippen molar-refractivity contribution in [1.82, 2.24) is 5.32 Å². The zero-order chi connectivity index (χ0) is 24.3. The van der Waals surface area contributed by atoms with E-state index in [-0.39, 0.29) is 38.0 Å². The van der Waals surface area contributed by atoms with Crippen LogP contribution in [0.5, 0.6) is 11.5 Å². The number of carbonyl (C=O) groups excluding carboxylic acids is 2. The molecule has 3 atom stereocenters. The minimum absolute atomic E-state index is 0.0798. The molecular formula is C24H28NO7PS. The number of amides is 1. The average Bonchev–Trinajstić information content (AvgIpc) is 3.26. The Bertz CT molecular complexity index is 1100. The molecule has 0 bridgehead atoms. The molecule has 4 rings (SSSR count). The summed E-state index contributed by atoms with van der Waals surface area (Å²) in [4.78, 5) is 26.9. The first-order valence-electron chi connectivity index (χ1n) is 11.2. The van der Waals surface area contributed by atoms with Gasteiger partial charge in [0.15, 0.2) is 17.3 Å². The van der Waals surface area contributed by atoms with E-state index in [0.717, 1.165) is 5.56 Å². The zero-order valence-electron chi connectivity index (χ0n) is 19.3. The lowest BCUT2D eigenvalue weighted by atomic mass is 9.83. The predicted molar refractivity (Wildman–Crippen MR) is 130 cm³/mol. The van der Waals surface area contributed by atoms with Gasteiger partial charge in [-0.3, -0.25) is 14.2 Å². The minimum Gasteiger partial charge on any atom is -0.454 e. The molecule has 34 heavy (non-hydrogen) atoms. The number of carbonyl (C=O) groups is 2. The molecule has 2 heterocycles. The summed E-state index contributed by atoms with van der Waals surface area (Å²) in [5.41, 5.74) is 2.10. The van der Waals surface area contributed by atoms with E-state index in [2.05, 4.69) is 5.32 Å². The van der Waals surface area contributed by atoms with Crippen molar-refractivity contribution < 1.29 is 32.7 Å². The number of thioether (sulfide) groups is 1. The second-order valence-electron chi connectivity index (χ2n) is 7.89. The summed E-state index contributed by atoms with van der Waals surface area (Å²) >= 11 is 1.28. The van der Waals surface area contributed by atoms with Crippen LogP contribution in [0, 0.1) is 0 Å². The summed E-state index contributed by atoms with van der Waals surface area (Å²) < 4.78 is 34.6. The number of ether oxygens (including phenoxy) is 2. The minimum atomic E-state index is -3.48. The molecule has 1 amide bonds. The van der Waals surface area contributed by atoms with Gasteiger partial charge in [0, 0.05) is 11.5 Å². The number of hydrogen-bond acceptors (Lipinski definition) is 8. The fourth-order valence-electron chi connectivity index (χ4n) is 4.20. The highest BCUT2D eigenvalue weighted by Gasteiger charge is 2.41. The summed E-state index contributed by atoms with van der Waals surface area (Å²) in [5, 5.41) is 1.62. The van der Waals surface area contributed by atoms with Gasteiger partial charge in [0.25, 0.3) is 0 Å². The van der Waals surface area contributed by atoms with Crippen molar-refractivity contribution in [3.8, 4) is 11.5 Å². The molecule has 1 N–H and O–H groups in total. The van der Waals surface area contributed by atoms with Crippen molar-refractivity contribution in [3.05, 3.63) is 59.2 Å². The van der Waals surface area contributed by atoms with Crippen molar-refractivity contribution in [2.24, 2.45) is 0 Å². The van der Waals surface area contributed by atoms with Crippen molar-refractivity contribution in [3.63, 3.8) is 0 Å². The van der Waals surface area contributed by atoms with E-state index in [1.165, 1.54) is 11.8 Å². The van der Waals surface area contributed by atoms with E-state index in [1.54, 1.807) is 32.9 Å². The molecule has 3 unspecified atom stereocenters. The average molecular weight is 506 g/mol. The second kappa shape index (κ2) is 10.5. The standard InChI is InChI=1S/C24H28NO7PS/c1-4-31-33(28,32-5-2)13-25-24(27)23-21(16-9-7-6-8-10-16)17-11-19-20(30-14-29-19)12-18(17)22(26)15(3)34-23/h6-12,15,21,23H,4-5,13-14H2,1-3H3,(H,25,27). The van der Waals surface area contributed by atoms with E-state index in [0.29, 0.717) is 22.6 Å². The van der Waals surface area contributed by atoms with Gasteiger partial charge in [-0.1, -0.05) is 30.3 Å². The lowest BCUT2D eigenvalue weighted by molar-refractivity contribution is -0.120. The Balaban J connectivity index is 1.74. The number of fused-ring (bicyclic) bond motifs is 2. The van der Waals surface area contributed by atoms with Crippen LogP contribution in [0.15, 0.2) is 42.5 Å². The van der Waals surface area contributed by atoms with E-state index in [9.17, 15) is 14.2 Å². The molecular weight excluding hydrogens is 477 g/mol. The summed E-state index contributed by atoms with van der Waals surface area (Å²) in [6, 6.07) is 13.1. The Labute approximate surface area is 203 Å². The molecule has 2 aliphatic rings. The fraction of sp³-hybridized carbons (Fsp3) is 0.417. The Morgan fingerprint density at radius 2 is 1.76 bits per heavy atom. The maximum absolute atomic E-state index is 13.6. The molecule has 10 heteroatoms. The Morgan fingerprint density at radius 1 is 1.12 bits per heavy atom. The topological polar surface area (TPSA) is 100 Å². The third kappa shape index (κ3) is 5.03. The van der Waals surface area contributed by atoms with Gasteiger partial charge in [0.1, 0.15) is 6.29 Å². The van der Waals surface area contributed by atoms with Crippen LogP contribution < -0.4 is 14.8 Å². The number of hydrogen-bond donors (Lipinski definition) is 1. The van der Waals surface area contributed by atoms with Crippen LogP contribution in [0.1, 0.15) is 48.2 Å². The molecule has 2 aromatic rings. The normalized spacial score (nSPS) is 21.6. The van der Waals surface area contributed by atoms with Gasteiger partial charge in [-0.15, -0.1) is 11.8 Å². The first-order valence-corrected chi connectivity index (χ1v) is 13.9. The van der Waals surface area contributed by atoms with Crippen molar-refractivity contribution >= 4 is 31.0 Å². The van der Waals surface area contributed by atoms with Crippen LogP contribution in [-0.2, 0) is 18.4 Å². The number of benzene rings is 2. The van der Waals surface area contributed by atoms with Crippen molar-refractivity contribution in [2.45, 2.75) is 37.2 Å². The van der Waals surface area contributed by atoms with Gasteiger partial charge < -0.3 is 23.8 Å². The van der Waals surface area contributed by atoms with Crippen molar-refractivity contribution in [2.75, 3.05) is 26.3 Å². The maximum atomic E-state index is 13.6. The summed E-state index contributed by atoms with van der Waals surface area (Å²) in [6.07, 6.45) is -0.248. The van der Waals surface area contributed by atoms with E-state index in [1.807, 2.05) is 30.3 Å². The van der Waals surface area contributed by atoms with Gasteiger partial charge in [-0.05, 0) is 44.0 Å². The molecule has 0 spiro atoms. The smallest absolute Gasteiger partial charge is 0.349 e.